The van der Waals surface area contributed by atoms with Crippen molar-refractivity contribution in [3.63, 3.8) is 0 Å². The second-order valence-corrected chi connectivity index (χ2v) is 8.63. The van der Waals surface area contributed by atoms with E-state index in [9.17, 15) is 9.59 Å². The zero-order valence-electron chi connectivity index (χ0n) is 17.9. The minimum Gasteiger partial charge on any atom is -0.497 e. The van der Waals surface area contributed by atoms with Gasteiger partial charge in [-0.25, -0.2) is 0 Å². The number of anilines is 1. The van der Waals surface area contributed by atoms with Crippen LogP contribution in [-0.4, -0.2) is 40.6 Å². The zero-order valence-corrected chi connectivity index (χ0v) is 18.7. The number of carbonyl (C=O) groups is 2. The Morgan fingerprint density at radius 2 is 1.93 bits per heavy atom. The largest absolute Gasteiger partial charge is 0.497 e. The Labute approximate surface area is 181 Å². The van der Waals surface area contributed by atoms with Crippen LogP contribution in [0.5, 0.6) is 5.75 Å². The fourth-order valence-electron chi connectivity index (χ4n) is 3.76. The van der Waals surface area contributed by atoms with E-state index in [1.165, 1.54) is 11.3 Å². The minimum atomic E-state index is -0.467. The number of amides is 2. The number of aromatic nitrogens is 2. The maximum absolute atomic E-state index is 13.1. The smallest absolute Gasteiger partial charge is 0.232 e. The van der Waals surface area contributed by atoms with Crippen LogP contribution in [-0.2, 0) is 16.0 Å². The molecule has 1 aromatic carbocycles. The fourth-order valence-corrected chi connectivity index (χ4v) is 4.55. The Morgan fingerprint density at radius 3 is 2.60 bits per heavy atom. The molecule has 1 aliphatic rings. The van der Waals surface area contributed by atoms with E-state index in [0.29, 0.717) is 11.7 Å². The molecule has 2 amide bonds. The van der Waals surface area contributed by atoms with Gasteiger partial charge in [-0.05, 0) is 30.5 Å². The minimum absolute atomic E-state index is 0.0188. The molecular weight excluding hydrogens is 400 g/mol. The number of likely N-dealkylation sites (tertiary alicyclic amines) is 1. The first-order chi connectivity index (χ1) is 14.6. The number of benzene rings is 1. The van der Waals surface area contributed by atoms with Crippen LogP contribution in [0.4, 0.5) is 5.13 Å². The van der Waals surface area contributed by atoms with E-state index in [4.69, 9.17) is 4.74 Å². The van der Waals surface area contributed by atoms with Crippen LogP contribution in [0.3, 0.4) is 0 Å². The van der Waals surface area contributed by atoms with E-state index in [1.54, 1.807) is 7.11 Å². The first kappa shape index (κ1) is 22.2. The molecule has 2 unspecified atom stereocenters. The number of unbranched alkanes of at least 4 members (excludes halogenated alkanes) is 2. The summed E-state index contributed by atoms with van der Waals surface area (Å²) in [5.74, 6) is 0.120. The summed E-state index contributed by atoms with van der Waals surface area (Å²) in [5.41, 5.74) is 0.943. The van der Waals surface area contributed by atoms with Gasteiger partial charge in [-0.2, -0.15) is 0 Å². The number of nitrogens with zero attached hydrogens (tertiary/aromatic N) is 3. The molecule has 0 spiro atoms. The molecule has 1 aromatic heterocycles. The number of methoxy groups -OCH3 is 1. The van der Waals surface area contributed by atoms with Crippen molar-refractivity contribution >= 4 is 28.3 Å². The molecule has 2 atom stereocenters. The lowest BCUT2D eigenvalue weighted by Crippen LogP contribution is -2.33. The van der Waals surface area contributed by atoms with Crippen LogP contribution >= 0.6 is 11.3 Å². The predicted molar refractivity (Wildman–Crippen MR) is 118 cm³/mol. The molecule has 0 aliphatic carbocycles. The third-order valence-electron chi connectivity index (χ3n) is 5.42. The lowest BCUT2D eigenvalue weighted by atomic mass is 9.92. The molecule has 1 fully saturated rings. The number of carbonyl (C=O) groups excluding carboxylic acids is 2. The van der Waals surface area contributed by atoms with E-state index in [1.807, 2.05) is 29.2 Å². The summed E-state index contributed by atoms with van der Waals surface area (Å²) in [6.07, 6.45) is 5.10. The maximum atomic E-state index is 13.1. The first-order valence-corrected chi connectivity index (χ1v) is 11.5. The van der Waals surface area contributed by atoms with Crippen molar-refractivity contribution in [3.8, 4) is 5.75 Å². The molecule has 1 saturated heterocycles. The highest BCUT2D eigenvalue weighted by Gasteiger charge is 2.44. The average molecular weight is 431 g/mol. The highest BCUT2D eigenvalue weighted by Crippen LogP contribution is 2.39. The lowest BCUT2D eigenvalue weighted by Gasteiger charge is -2.28. The molecular formula is C22H30N4O3S. The summed E-state index contributed by atoms with van der Waals surface area (Å²) in [7, 11) is 1.62. The molecule has 0 bridgehead atoms. The van der Waals surface area contributed by atoms with Crippen molar-refractivity contribution in [2.75, 3.05) is 19.0 Å². The number of ether oxygens (including phenoxy) is 1. The van der Waals surface area contributed by atoms with Crippen LogP contribution in [0, 0.1) is 5.92 Å². The van der Waals surface area contributed by atoms with Crippen molar-refractivity contribution in [1.82, 2.24) is 15.1 Å². The topological polar surface area (TPSA) is 84.4 Å². The van der Waals surface area contributed by atoms with E-state index in [2.05, 4.69) is 29.4 Å². The van der Waals surface area contributed by atoms with Crippen molar-refractivity contribution < 1.29 is 14.3 Å². The second-order valence-electron chi connectivity index (χ2n) is 7.56. The van der Waals surface area contributed by atoms with Crippen molar-refractivity contribution in [3.05, 3.63) is 34.8 Å². The Morgan fingerprint density at radius 1 is 1.20 bits per heavy atom. The lowest BCUT2D eigenvalue weighted by molar-refractivity contribution is -0.129. The summed E-state index contributed by atoms with van der Waals surface area (Å²) in [4.78, 5) is 27.8. The van der Waals surface area contributed by atoms with Gasteiger partial charge in [0.2, 0.25) is 16.9 Å². The SMILES string of the molecule is CCCCc1nnc(NC(=O)C2CC(=O)N(CCCC)C2c2ccc(OC)cc2)s1. The van der Waals surface area contributed by atoms with Gasteiger partial charge >= 0.3 is 0 Å². The first-order valence-electron chi connectivity index (χ1n) is 10.6. The van der Waals surface area contributed by atoms with Gasteiger partial charge in [0.15, 0.2) is 0 Å². The number of nitrogens with one attached hydrogen (secondary N) is 1. The monoisotopic (exact) mass is 430 g/mol. The van der Waals surface area contributed by atoms with Crippen LogP contribution in [0.2, 0.25) is 0 Å². The second kappa shape index (κ2) is 10.5. The van der Waals surface area contributed by atoms with Gasteiger partial charge in [0.1, 0.15) is 10.8 Å². The van der Waals surface area contributed by atoms with Gasteiger partial charge in [0.05, 0.1) is 19.1 Å². The quantitative estimate of drug-likeness (QED) is 0.610. The van der Waals surface area contributed by atoms with E-state index in [0.717, 1.165) is 48.4 Å². The van der Waals surface area contributed by atoms with Gasteiger partial charge < -0.3 is 15.0 Å². The number of hydrogen-bond acceptors (Lipinski definition) is 6. The molecule has 2 aromatic rings. The predicted octanol–water partition coefficient (Wildman–Crippen LogP) is 4.22. The highest BCUT2D eigenvalue weighted by molar-refractivity contribution is 7.15. The molecule has 162 valence electrons. The Hall–Kier alpha value is -2.48. The van der Waals surface area contributed by atoms with E-state index in [-0.39, 0.29) is 24.3 Å². The zero-order chi connectivity index (χ0) is 21.5. The van der Waals surface area contributed by atoms with Gasteiger partial charge in [-0.15, -0.1) is 10.2 Å². The van der Waals surface area contributed by atoms with Gasteiger partial charge in [-0.1, -0.05) is 50.2 Å². The summed E-state index contributed by atoms with van der Waals surface area (Å²) >= 11 is 1.41. The molecule has 3 rings (SSSR count). The molecule has 30 heavy (non-hydrogen) atoms. The summed E-state index contributed by atoms with van der Waals surface area (Å²) in [6, 6.07) is 7.33. The van der Waals surface area contributed by atoms with Gasteiger partial charge in [0, 0.05) is 19.4 Å². The molecule has 1 aliphatic heterocycles. The van der Waals surface area contributed by atoms with Crippen LogP contribution in [0.25, 0.3) is 0 Å². The third-order valence-corrected chi connectivity index (χ3v) is 6.32. The third kappa shape index (κ3) is 5.16. The molecule has 0 saturated carbocycles. The van der Waals surface area contributed by atoms with Crippen molar-refractivity contribution in [1.29, 1.82) is 0 Å². The molecule has 8 heteroatoms. The molecule has 2 heterocycles. The average Bonchev–Trinajstić information content (AvgIpc) is 3.34. The van der Waals surface area contributed by atoms with E-state index < -0.39 is 5.92 Å². The standard InChI is InChI=1S/C22H30N4O3S/c1-4-6-8-18-24-25-22(30-18)23-21(28)17-14-19(27)26(13-7-5-2)20(17)15-9-11-16(29-3)12-10-15/h9-12,17,20H,4-8,13-14H2,1-3H3,(H,23,25,28). The van der Waals surface area contributed by atoms with Crippen LogP contribution in [0.1, 0.15) is 62.6 Å². The van der Waals surface area contributed by atoms with Crippen LogP contribution < -0.4 is 10.1 Å². The number of rotatable bonds is 10. The van der Waals surface area contributed by atoms with Gasteiger partial charge in [-0.3, -0.25) is 9.59 Å². The fraction of sp³-hybridized carbons (Fsp3) is 0.545. The summed E-state index contributed by atoms with van der Waals surface area (Å²) in [6.45, 7) is 4.87. The van der Waals surface area contributed by atoms with Gasteiger partial charge in [0.25, 0.3) is 0 Å². The van der Waals surface area contributed by atoms with Crippen molar-refractivity contribution in [2.45, 2.75) is 58.4 Å². The Bertz CT molecular complexity index is 852. The summed E-state index contributed by atoms with van der Waals surface area (Å²) in [5, 5.41) is 12.6. The molecule has 7 nitrogen and oxygen atoms in total. The summed E-state index contributed by atoms with van der Waals surface area (Å²) < 4.78 is 5.25. The normalized spacial score (nSPS) is 18.6. The Balaban J connectivity index is 1.79. The van der Waals surface area contributed by atoms with Crippen LogP contribution in [0.15, 0.2) is 24.3 Å². The highest BCUT2D eigenvalue weighted by atomic mass is 32.1. The molecule has 0 radical (unpaired) electrons. The maximum Gasteiger partial charge on any atom is 0.232 e. The number of hydrogen-bond donors (Lipinski definition) is 1. The molecule has 1 N–H and O–H groups in total. The van der Waals surface area contributed by atoms with Crippen molar-refractivity contribution in [2.24, 2.45) is 5.92 Å². The Kier molecular flexibility index (Phi) is 7.79. The number of aryl methyl sites for hydroxylation is 1. The van der Waals surface area contributed by atoms with E-state index >= 15 is 0 Å².